The molecule has 0 unspecified atom stereocenters. The summed E-state index contributed by atoms with van der Waals surface area (Å²) in [6, 6.07) is 54.6. The number of fused-ring (bicyclic) bond motifs is 6. The molecule has 2 aliphatic carbocycles. The minimum Gasteiger partial charge on any atom is -0.460 e. The van der Waals surface area contributed by atoms with Gasteiger partial charge in [-0.2, -0.15) is 0 Å². The van der Waals surface area contributed by atoms with Crippen molar-refractivity contribution in [3.05, 3.63) is 292 Å². The Morgan fingerprint density at radius 1 is 0.568 bits per heavy atom. The van der Waals surface area contributed by atoms with Crippen molar-refractivity contribution in [2.24, 2.45) is 5.92 Å². The maximum absolute atomic E-state index is 5.93. The zero-order chi connectivity index (χ0) is 53.5. The van der Waals surface area contributed by atoms with Crippen LogP contribution in [0.5, 0.6) is 0 Å². The third-order valence-electron chi connectivity index (χ3n) is 14.4. The van der Waals surface area contributed by atoms with Crippen molar-refractivity contribution in [2.75, 3.05) is 0 Å². The zero-order valence-corrected chi connectivity index (χ0v) is 46.4. The molecule has 8 aromatic rings. The summed E-state index contributed by atoms with van der Waals surface area (Å²) in [4.78, 5) is 0. The van der Waals surface area contributed by atoms with Crippen molar-refractivity contribution >= 4 is 28.7 Å². The Morgan fingerprint density at radius 2 is 1.15 bits per heavy atom. The second-order valence-corrected chi connectivity index (χ2v) is 20.3. The van der Waals surface area contributed by atoms with Crippen LogP contribution in [0.15, 0.2) is 212 Å². The quantitative estimate of drug-likeness (QED) is 0.131. The minimum absolute atomic E-state index is 0.374. The van der Waals surface area contributed by atoms with E-state index in [4.69, 9.17) is 4.42 Å². The van der Waals surface area contributed by atoms with Gasteiger partial charge < -0.3 is 4.42 Å². The van der Waals surface area contributed by atoms with Crippen LogP contribution in [0.25, 0.3) is 39.8 Å². The van der Waals surface area contributed by atoms with Gasteiger partial charge >= 0.3 is 0 Å². The fraction of sp³-hybridized carbons (Fsp3) is 0.233. The summed E-state index contributed by atoms with van der Waals surface area (Å²) in [5, 5.41) is 1.28. The molecule has 0 N–H and O–H groups in total. The highest BCUT2D eigenvalue weighted by Gasteiger charge is 2.47. The van der Waals surface area contributed by atoms with Crippen LogP contribution in [-0.2, 0) is 11.8 Å². The third kappa shape index (κ3) is 12.5. The number of aryl methyl sites for hydroxylation is 7. The molecule has 1 heteroatoms. The van der Waals surface area contributed by atoms with Crippen LogP contribution >= 0.6 is 0 Å². The van der Waals surface area contributed by atoms with Gasteiger partial charge in [-0.3, -0.25) is 0 Å². The first-order chi connectivity index (χ1) is 35.6. The van der Waals surface area contributed by atoms with Gasteiger partial charge in [0.15, 0.2) is 0 Å². The number of allylic oxidation sites excluding steroid dienone is 6. The largest absolute Gasteiger partial charge is 0.460 e. The molecule has 0 fully saturated rings. The summed E-state index contributed by atoms with van der Waals surface area (Å²) in [6.07, 6.45) is 15.1. The van der Waals surface area contributed by atoms with Crippen LogP contribution in [0.3, 0.4) is 0 Å². The summed E-state index contributed by atoms with van der Waals surface area (Å²) in [6.45, 7) is 39.4. The highest BCUT2D eigenvalue weighted by molar-refractivity contribution is 5.95. The normalized spacial score (nSPS) is 12.7. The maximum Gasteiger partial charge on any atom is 0.134 e. The molecular formula is C73H80O. The highest BCUT2D eigenvalue weighted by Crippen LogP contribution is 2.58. The summed E-state index contributed by atoms with van der Waals surface area (Å²) >= 11 is 0. The standard InChI is InChI=1S/C31H26.C15H16O.C11H16.C8H10.C8H12/c1-5-25-22(4)20-29-30(26(25)6-2)27-18-17-21(3)19-28(27)31(29,23-13-9-7-10-14-23)24-15-11-8-12-16-24;1-10(2)11-7-5-9-14-15(11)12-6-3-4-8-13(12)16-14;1-8(2)11-6-5-9(3)10(4)7-11;1-7-3-5-8(2)6-4-7;1-4-7-8(5-2)6-3/h5-20H,1-2H2,3-4H3;3-4,6-8,10H,5,9H2,1-2H3;5-8H,1-4H3;3-6H,1-2H3;4-5,7H,1-2,6H2,3H3/b;;;;8-7+. The van der Waals surface area contributed by atoms with Gasteiger partial charge in [0.25, 0.3) is 0 Å². The summed E-state index contributed by atoms with van der Waals surface area (Å²) in [7, 11) is 0. The van der Waals surface area contributed by atoms with Crippen molar-refractivity contribution in [3.63, 3.8) is 0 Å². The minimum atomic E-state index is -0.374. The Labute approximate surface area is 446 Å². The second kappa shape index (κ2) is 26.0. The van der Waals surface area contributed by atoms with Crippen molar-refractivity contribution < 1.29 is 4.42 Å². The molecular weight excluding hydrogens is 893 g/mol. The molecule has 7 aromatic carbocycles. The van der Waals surface area contributed by atoms with Crippen LogP contribution in [0, 0.1) is 47.5 Å². The van der Waals surface area contributed by atoms with Gasteiger partial charge in [0.1, 0.15) is 11.3 Å². The highest BCUT2D eigenvalue weighted by atomic mass is 16.3. The average Bonchev–Trinajstić information content (AvgIpc) is 3.93. The number of hydrogen-bond acceptors (Lipinski definition) is 1. The fourth-order valence-corrected chi connectivity index (χ4v) is 10.2. The number of furan rings is 1. The van der Waals surface area contributed by atoms with E-state index in [-0.39, 0.29) is 5.41 Å². The smallest absolute Gasteiger partial charge is 0.134 e. The molecule has 1 aromatic heterocycles. The molecule has 1 nitrogen and oxygen atoms in total. The maximum atomic E-state index is 5.93. The lowest BCUT2D eigenvalue weighted by Gasteiger charge is -2.34. The number of benzene rings is 7. The van der Waals surface area contributed by atoms with E-state index in [2.05, 4.69) is 254 Å². The van der Waals surface area contributed by atoms with E-state index >= 15 is 0 Å². The van der Waals surface area contributed by atoms with Gasteiger partial charge in [-0.15, -0.1) is 0 Å². The van der Waals surface area contributed by atoms with Gasteiger partial charge in [-0.05, 0) is 150 Å². The zero-order valence-electron chi connectivity index (χ0n) is 46.4. The molecule has 0 radical (unpaired) electrons. The van der Waals surface area contributed by atoms with E-state index in [9.17, 15) is 0 Å². The van der Waals surface area contributed by atoms with E-state index in [0.29, 0.717) is 11.8 Å². The monoisotopic (exact) mass is 973 g/mol. The number of rotatable bonds is 9. The topological polar surface area (TPSA) is 13.1 Å². The Hall–Kier alpha value is -7.48. The van der Waals surface area contributed by atoms with Crippen molar-refractivity contribution in [1.29, 1.82) is 0 Å². The Morgan fingerprint density at radius 3 is 1.66 bits per heavy atom. The van der Waals surface area contributed by atoms with Crippen LogP contribution in [-0.4, -0.2) is 0 Å². The molecule has 0 saturated carbocycles. The van der Waals surface area contributed by atoms with E-state index in [1.165, 1.54) is 106 Å². The van der Waals surface area contributed by atoms with E-state index < -0.39 is 0 Å². The lowest BCUT2D eigenvalue weighted by Crippen LogP contribution is -2.28. The van der Waals surface area contributed by atoms with Crippen molar-refractivity contribution in [3.8, 4) is 11.1 Å². The molecule has 0 bridgehead atoms. The predicted molar refractivity (Wildman–Crippen MR) is 325 cm³/mol. The molecule has 0 amide bonds. The van der Waals surface area contributed by atoms with E-state index in [1.807, 2.05) is 30.4 Å². The summed E-state index contributed by atoms with van der Waals surface area (Å²) < 4.78 is 5.93. The number of hydrogen-bond donors (Lipinski definition) is 0. The Kier molecular flexibility index (Phi) is 19.6. The third-order valence-corrected chi connectivity index (χ3v) is 14.4. The lowest BCUT2D eigenvalue weighted by atomic mass is 9.67. The first kappa shape index (κ1) is 55.8. The molecule has 0 atom stereocenters. The molecule has 74 heavy (non-hydrogen) atoms. The average molecular weight is 973 g/mol. The first-order valence-corrected chi connectivity index (χ1v) is 26.6. The van der Waals surface area contributed by atoms with Crippen LogP contribution in [0.2, 0.25) is 0 Å². The van der Waals surface area contributed by atoms with Gasteiger partial charge in [-0.1, -0.05) is 260 Å². The molecule has 0 saturated heterocycles. The molecule has 0 aliphatic heterocycles. The molecule has 1 heterocycles. The van der Waals surface area contributed by atoms with Gasteiger partial charge in [0.05, 0.1) is 5.41 Å². The molecule has 2 aliphatic rings. The number of para-hydroxylation sites is 1. The first-order valence-electron chi connectivity index (χ1n) is 26.6. The van der Waals surface area contributed by atoms with Crippen molar-refractivity contribution in [2.45, 2.75) is 107 Å². The van der Waals surface area contributed by atoms with Gasteiger partial charge in [0, 0.05) is 17.4 Å². The van der Waals surface area contributed by atoms with Crippen LogP contribution < -0.4 is 0 Å². The Bertz CT molecular complexity index is 3190. The second-order valence-electron chi connectivity index (χ2n) is 20.3. The molecule has 378 valence electrons. The summed E-state index contributed by atoms with van der Waals surface area (Å²) in [5.74, 6) is 2.39. The summed E-state index contributed by atoms with van der Waals surface area (Å²) in [5.41, 5.74) is 24.2. The van der Waals surface area contributed by atoms with E-state index in [0.717, 1.165) is 30.4 Å². The van der Waals surface area contributed by atoms with Crippen molar-refractivity contribution in [1.82, 2.24) is 0 Å². The molecule has 10 rings (SSSR count). The predicted octanol–water partition coefficient (Wildman–Crippen LogP) is 20.8. The van der Waals surface area contributed by atoms with Crippen LogP contribution in [0.1, 0.15) is 137 Å². The van der Waals surface area contributed by atoms with Gasteiger partial charge in [0.2, 0.25) is 0 Å². The SMILES string of the molecule is C=C/C=C(\C=C)CC.C=Cc1c(C)cc2c(c1C=C)-c1ccc(C)cc1C2(c1ccccc1)c1ccccc1.CC(C)C1=CCCc2oc3ccccc3c21.Cc1ccc(C(C)C)cc1C.Cc1ccc(C)cc1. The van der Waals surface area contributed by atoms with Gasteiger partial charge in [-0.25, -0.2) is 0 Å². The molecule has 0 spiro atoms. The van der Waals surface area contributed by atoms with Crippen LogP contribution in [0.4, 0.5) is 0 Å². The fourth-order valence-electron chi connectivity index (χ4n) is 10.2. The lowest BCUT2D eigenvalue weighted by molar-refractivity contribution is 0.543. The Balaban J connectivity index is 0.000000172. The van der Waals surface area contributed by atoms with E-state index in [1.54, 1.807) is 6.08 Å².